The van der Waals surface area contributed by atoms with E-state index in [1.54, 1.807) is 30.3 Å². The first-order valence-corrected chi connectivity index (χ1v) is 9.13. The highest BCUT2D eigenvalue weighted by molar-refractivity contribution is 5.82. The highest BCUT2D eigenvalue weighted by atomic mass is 19.1. The van der Waals surface area contributed by atoms with E-state index in [2.05, 4.69) is 9.97 Å². The summed E-state index contributed by atoms with van der Waals surface area (Å²) in [4.78, 5) is 33.8. The van der Waals surface area contributed by atoms with Crippen molar-refractivity contribution in [3.8, 4) is 11.5 Å². The molecule has 0 aliphatic heterocycles. The molecule has 1 aromatic heterocycles. The van der Waals surface area contributed by atoms with E-state index in [-0.39, 0.29) is 24.4 Å². The second-order valence-electron chi connectivity index (χ2n) is 6.41. The maximum Gasteiger partial charge on any atom is 0.258 e. The summed E-state index contributed by atoms with van der Waals surface area (Å²) in [6.07, 6.45) is -0.0661. The van der Waals surface area contributed by atoms with Crippen molar-refractivity contribution in [3.63, 3.8) is 0 Å². The van der Waals surface area contributed by atoms with Crippen LogP contribution in [0.4, 0.5) is 4.39 Å². The summed E-state index contributed by atoms with van der Waals surface area (Å²) < 4.78 is 24.3. The third kappa shape index (κ3) is 4.37. The lowest BCUT2D eigenvalue weighted by molar-refractivity contribution is -0.131. The van der Waals surface area contributed by atoms with Crippen LogP contribution in [0.2, 0.25) is 0 Å². The molecule has 0 fully saturated rings. The van der Waals surface area contributed by atoms with Crippen molar-refractivity contribution in [1.29, 1.82) is 0 Å². The van der Waals surface area contributed by atoms with Crippen LogP contribution in [-0.4, -0.2) is 41.5 Å². The molecular weight excluding hydrogens is 377 g/mol. The molecule has 1 amide bonds. The summed E-state index contributed by atoms with van der Waals surface area (Å²) in [5, 5.41) is 0.354. The quantitative estimate of drug-likeness (QED) is 0.660. The Bertz CT molecular complexity index is 1100. The SMILES string of the molecule is CCN(Cc1nc2cc(OC)c(OC)cc2c(=O)[nH]1)C(=O)Cc1ccccc1F. The zero-order chi connectivity index (χ0) is 21.0. The fourth-order valence-electron chi connectivity index (χ4n) is 3.06. The van der Waals surface area contributed by atoms with Crippen LogP contribution in [0.5, 0.6) is 11.5 Å². The molecule has 0 saturated carbocycles. The van der Waals surface area contributed by atoms with E-state index in [0.29, 0.717) is 40.3 Å². The number of hydrogen-bond acceptors (Lipinski definition) is 5. The average molecular weight is 399 g/mol. The van der Waals surface area contributed by atoms with Gasteiger partial charge in [-0.2, -0.15) is 0 Å². The van der Waals surface area contributed by atoms with Gasteiger partial charge < -0.3 is 19.4 Å². The Labute approximate surface area is 167 Å². The summed E-state index contributed by atoms with van der Waals surface area (Å²) in [6, 6.07) is 9.34. The molecule has 0 atom stereocenters. The van der Waals surface area contributed by atoms with Gasteiger partial charge in [-0.3, -0.25) is 9.59 Å². The van der Waals surface area contributed by atoms with Gasteiger partial charge in [-0.1, -0.05) is 18.2 Å². The van der Waals surface area contributed by atoms with Gasteiger partial charge in [0, 0.05) is 12.6 Å². The molecule has 0 radical (unpaired) electrons. The third-order valence-electron chi connectivity index (χ3n) is 4.63. The normalized spacial score (nSPS) is 10.8. The smallest absolute Gasteiger partial charge is 0.258 e. The second-order valence-corrected chi connectivity index (χ2v) is 6.41. The number of carbonyl (C=O) groups is 1. The van der Waals surface area contributed by atoms with Crippen LogP contribution in [0, 0.1) is 5.82 Å². The largest absolute Gasteiger partial charge is 0.493 e. The maximum atomic E-state index is 13.9. The van der Waals surface area contributed by atoms with Crippen LogP contribution in [-0.2, 0) is 17.8 Å². The van der Waals surface area contributed by atoms with Gasteiger partial charge in [0.15, 0.2) is 11.5 Å². The third-order valence-corrected chi connectivity index (χ3v) is 4.63. The summed E-state index contributed by atoms with van der Waals surface area (Å²) >= 11 is 0. The van der Waals surface area contributed by atoms with Crippen LogP contribution < -0.4 is 15.0 Å². The zero-order valence-corrected chi connectivity index (χ0v) is 16.5. The van der Waals surface area contributed by atoms with E-state index in [1.807, 2.05) is 6.92 Å². The maximum absolute atomic E-state index is 13.9. The minimum Gasteiger partial charge on any atom is -0.493 e. The van der Waals surface area contributed by atoms with E-state index in [4.69, 9.17) is 9.47 Å². The number of benzene rings is 2. The molecule has 0 saturated heterocycles. The number of fused-ring (bicyclic) bond motifs is 1. The number of methoxy groups -OCH3 is 2. The number of likely N-dealkylation sites (N-methyl/N-ethyl adjacent to an activating group) is 1. The molecule has 3 rings (SSSR count). The van der Waals surface area contributed by atoms with Gasteiger partial charge in [0.2, 0.25) is 5.91 Å². The fraction of sp³-hybridized carbons (Fsp3) is 0.286. The van der Waals surface area contributed by atoms with E-state index in [1.165, 1.54) is 25.2 Å². The van der Waals surface area contributed by atoms with Crippen molar-refractivity contribution >= 4 is 16.8 Å². The summed E-state index contributed by atoms with van der Waals surface area (Å²) in [7, 11) is 2.98. The van der Waals surface area contributed by atoms with Crippen molar-refractivity contribution in [3.05, 3.63) is 64.0 Å². The molecule has 7 nitrogen and oxygen atoms in total. The molecule has 0 aliphatic rings. The summed E-state index contributed by atoms with van der Waals surface area (Å²) in [6.45, 7) is 2.30. The van der Waals surface area contributed by atoms with Crippen molar-refractivity contribution in [2.24, 2.45) is 0 Å². The van der Waals surface area contributed by atoms with Crippen LogP contribution >= 0.6 is 0 Å². The Morgan fingerprint density at radius 1 is 1.17 bits per heavy atom. The Hall–Kier alpha value is -3.42. The standard InChI is InChI=1S/C21H22FN3O4/c1-4-25(20(26)9-13-7-5-6-8-15(13)22)12-19-23-16-11-18(29-3)17(28-2)10-14(16)21(27)24-19/h5-8,10-11H,4,9,12H2,1-3H3,(H,23,24,27). The molecule has 0 bridgehead atoms. The lowest BCUT2D eigenvalue weighted by Crippen LogP contribution is -2.33. The number of hydrogen-bond donors (Lipinski definition) is 1. The Balaban J connectivity index is 1.88. The van der Waals surface area contributed by atoms with Gasteiger partial charge in [-0.05, 0) is 24.6 Å². The number of carbonyl (C=O) groups excluding carboxylic acids is 1. The number of halogens is 1. The molecule has 0 unspecified atom stereocenters. The van der Waals surface area contributed by atoms with E-state index in [0.717, 1.165) is 0 Å². The highest BCUT2D eigenvalue weighted by Gasteiger charge is 2.17. The number of nitrogens with one attached hydrogen (secondary N) is 1. The first kappa shape index (κ1) is 20.3. The number of ether oxygens (including phenoxy) is 2. The lowest BCUT2D eigenvalue weighted by atomic mass is 10.1. The number of rotatable bonds is 7. The van der Waals surface area contributed by atoms with Crippen molar-refractivity contribution in [2.45, 2.75) is 19.9 Å². The van der Waals surface area contributed by atoms with E-state index in [9.17, 15) is 14.0 Å². The second kappa shape index (κ2) is 8.72. The minimum atomic E-state index is -0.421. The highest BCUT2D eigenvalue weighted by Crippen LogP contribution is 2.29. The summed E-state index contributed by atoms with van der Waals surface area (Å²) in [5.41, 5.74) is 0.412. The Morgan fingerprint density at radius 2 is 1.86 bits per heavy atom. The fourth-order valence-corrected chi connectivity index (χ4v) is 3.06. The Kier molecular flexibility index (Phi) is 6.11. The van der Waals surface area contributed by atoms with E-state index >= 15 is 0 Å². The number of aromatic amines is 1. The van der Waals surface area contributed by atoms with Crippen LogP contribution in [0.1, 0.15) is 18.3 Å². The van der Waals surface area contributed by atoms with E-state index < -0.39 is 5.82 Å². The van der Waals surface area contributed by atoms with Crippen LogP contribution in [0.3, 0.4) is 0 Å². The number of nitrogens with zero attached hydrogens (tertiary/aromatic N) is 2. The molecule has 1 N–H and O–H groups in total. The molecule has 2 aromatic carbocycles. The number of amides is 1. The first-order valence-electron chi connectivity index (χ1n) is 9.13. The number of aromatic nitrogens is 2. The molecular formula is C21H22FN3O4. The van der Waals surface area contributed by atoms with Gasteiger partial charge in [-0.15, -0.1) is 0 Å². The van der Waals surface area contributed by atoms with Crippen LogP contribution in [0.25, 0.3) is 10.9 Å². The first-order chi connectivity index (χ1) is 14.0. The van der Waals surface area contributed by atoms with Crippen molar-refractivity contribution in [2.75, 3.05) is 20.8 Å². The molecule has 0 spiro atoms. The molecule has 152 valence electrons. The van der Waals surface area contributed by atoms with Crippen LogP contribution in [0.15, 0.2) is 41.2 Å². The predicted octanol–water partition coefficient (Wildman–Crippen LogP) is 2.67. The zero-order valence-electron chi connectivity index (χ0n) is 16.5. The van der Waals surface area contributed by atoms with Gasteiger partial charge in [0.1, 0.15) is 11.6 Å². The van der Waals surface area contributed by atoms with Crippen molar-refractivity contribution < 1.29 is 18.7 Å². The van der Waals surface area contributed by atoms with Gasteiger partial charge in [-0.25, -0.2) is 9.37 Å². The van der Waals surface area contributed by atoms with Gasteiger partial charge in [0.25, 0.3) is 5.56 Å². The monoisotopic (exact) mass is 399 g/mol. The molecule has 0 aliphatic carbocycles. The number of H-pyrrole nitrogens is 1. The van der Waals surface area contributed by atoms with Crippen molar-refractivity contribution in [1.82, 2.24) is 14.9 Å². The summed E-state index contributed by atoms with van der Waals surface area (Å²) in [5.74, 6) is 0.531. The minimum absolute atomic E-state index is 0.0661. The predicted molar refractivity (Wildman–Crippen MR) is 107 cm³/mol. The molecule has 1 heterocycles. The average Bonchev–Trinajstić information content (AvgIpc) is 2.72. The molecule has 3 aromatic rings. The van der Waals surface area contributed by atoms with Gasteiger partial charge >= 0.3 is 0 Å². The lowest BCUT2D eigenvalue weighted by Gasteiger charge is -2.20. The van der Waals surface area contributed by atoms with Gasteiger partial charge in [0.05, 0.1) is 38.1 Å². The molecule has 8 heteroatoms. The topological polar surface area (TPSA) is 84.5 Å². The molecule has 29 heavy (non-hydrogen) atoms. The Morgan fingerprint density at radius 3 is 2.52 bits per heavy atom.